The van der Waals surface area contributed by atoms with Crippen molar-refractivity contribution in [2.45, 2.75) is 65.5 Å². The molecular weight excluding hydrogens is 300 g/mol. The van der Waals surface area contributed by atoms with Gasteiger partial charge in [0.1, 0.15) is 0 Å². The molecule has 0 rings (SSSR count). The van der Waals surface area contributed by atoms with Gasteiger partial charge in [-0.2, -0.15) is 0 Å². The van der Waals surface area contributed by atoms with Gasteiger partial charge in [0.2, 0.25) is 0 Å². The number of hydrogen-bond donors (Lipinski definition) is 0. The molecule has 0 amide bonds. The number of esters is 1. The summed E-state index contributed by atoms with van der Waals surface area (Å²) < 4.78 is 23.1. The van der Waals surface area contributed by atoms with Crippen molar-refractivity contribution in [2.24, 2.45) is 0 Å². The van der Waals surface area contributed by atoms with Crippen molar-refractivity contribution in [3.05, 3.63) is 12.7 Å². The minimum absolute atomic E-state index is 0.462. The number of carbonyl (C=O) groups is 1. The lowest BCUT2D eigenvalue weighted by molar-refractivity contribution is -0.143. The summed E-state index contributed by atoms with van der Waals surface area (Å²) in [6, 6.07) is 0. The predicted molar refractivity (Wildman–Crippen MR) is 89.5 cm³/mol. The average Bonchev–Trinajstić information content (AvgIpc) is 2.50. The van der Waals surface area contributed by atoms with Crippen molar-refractivity contribution in [3.63, 3.8) is 0 Å². The molecule has 0 spiro atoms. The monoisotopic (exact) mass is 332 g/mol. The van der Waals surface area contributed by atoms with Crippen molar-refractivity contribution < 1.29 is 22.8 Å². The maximum Gasteiger partial charge on any atom is 0.544 e. The molecular formula is C16H32O5Si. The molecule has 6 heteroatoms. The first kappa shape index (κ1) is 21.3. The molecule has 22 heavy (non-hydrogen) atoms. The van der Waals surface area contributed by atoms with E-state index in [9.17, 15) is 4.79 Å². The highest BCUT2D eigenvalue weighted by molar-refractivity contribution is 6.62. The Kier molecular flexibility index (Phi) is 12.4. The molecule has 0 radical (unpaired) electrons. The molecule has 0 fully saturated rings. The molecule has 0 aliphatic carbocycles. The summed E-state index contributed by atoms with van der Waals surface area (Å²) in [7, 11) is -3.06. The van der Waals surface area contributed by atoms with Gasteiger partial charge < -0.3 is 18.0 Å². The van der Waals surface area contributed by atoms with Crippen molar-refractivity contribution in [1.29, 1.82) is 0 Å². The number of unbranched alkanes of at least 4 members (excludes halogenated alkanes) is 3. The molecule has 1 unspecified atom stereocenters. The average molecular weight is 333 g/mol. The molecule has 0 aromatic rings. The van der Waals surface area contributed by atoms with Crippen LogP contribution in [0, 0.1) is 0 Å². The normalized spacial score (nSPS) is 12.9. The number of hydrogen-bond acceptors (Lipinski definition) is 5. The molecule has 0 N–H and O–H groups in total. The summed E-state index contributed by atoms with van der Waals surface area (Å²) in [6.45, 7) is 12.7. The van der Waals surface area contributed by atoms with Gasteiger partial charge in [-0.15, -0.1) is 0 Å². The molecule has 0 saturated heterocycles. The SMILES string of the molecule is C=CC(=O)OC(CCCCCC)[Si](OCC)(OCC)OCC. The van der Waals surface area contributed by atoms with E-state index in [1.165, 1.54) is 6.08 Å². The fourth-order valence-electron chi connectivity index (χ4n) is 2.26. The highest BCUT2D eigenvalue weighted by Gasteiger charge is 2.51. The van der Waals surface area contributed by atoms with Crippen LogP contribution in [0.15, 0.2) is 12.7 Å². The first-order valence-corrected chi connectivity index (χ1v) is 10.1. The minimum Gasteiger partial charge on any atom is -0.455 e. The summed E-state index contributed by atoms with van der Waals surface area (Å²) in [6.07, 6.45) is 6.21. The highest BCUT2D eigenvalue weighted by atomic mass is 28.4. The smallest absolute Gasteiger partial charge is 0.455 e. The van der Waals surface area contributed by atoms with Gasteiger partial charge in [0.25, 0.3) is 0 Å². The van der Waals surface area contributed by atoms with E-state index in [-0.39, 0.29) is 0 Å². The van der Waals surface area contributed by atoms with Crippen LogP contribution >= 0.6 is 0 Å². The van der Waals surface area contributed by atoms with Crippen LogP contribution in [0.1, 0.15) is 59.8 Å². The molecule has 5 nitrogen and oxygen atoms in total. The third kappa shape index (κ3) is 7.53. The topological polar surface area (TPSA) is 54.0 Å². The van der Waals surface area contributed by atoms with E-state index in [0.717, 1.165) is 25.7 Å². The fraction of sp³-hybridized carbons (Fsp3) is 0.812. The summed E-state index contributed by atoms with van der Waals surface area (Å²) >= 11 is 0. The van der Waals surface area contributed by atoms with Gasteiger partial charge >= 0.3 is 14.8 Å². The van der Waals surface area contributed by atoms with Crippen molar-refractivity contribution in [3.8, 4) is 0 Å². The van der Waals surface area contributed by atoms with E-state index < -0.39 is 20.5 Å². The van der Waals surface area contributed by atoms with E-state index in [1.807, 2.05) is 20.8 Å². The third-order valence-corrected chi connectivity index (χ3v) is 6.44. The lowest BCUT2D eigenvalue weighted by Gasteiger charge is -2.34. The zero-order chi connectivity index (χ0) is 16.8. The summed E-state index contributed by atoms with van der Waals surface area (Å²) in [5.41, 5.74) is -0.477. The Bertz CT molecular complexity index is 292. The van der Waals surface area contributed by atoms with E-state index in [1.54, 1.807) is 0 Å². The first-order chi connectivity index (χ1) is 10.6. The first-order valence-electron chi connectivity index (χ1n) is 8.34. The van der Waals surface area contributed by atoms with Crippen molar-refractivity contribution in [2.75, 3.05) is 19.8 Å². The van der Waals surface area contributed by atoms with E-state index >= 15 is 0 Å². The Balaban J connectivity index is 5.11. The molecule has 130 valence electrons. The maximum atomic E-state index is 11.7. The van der Waals surface area contributed by atoms with Crippen LogP contribution in [0.5, 0.6) is 0 Å². The van der Waals surface area contributed by atoms with Crippen LogP contribution in [-0.4, -0.2) is 40.3 Å². The van der Waals surface area contributed by atoms with Gasteiger partial charge in [-0.1, -0.05) is 32.8 Å². The van der Waals surface area contributed by atoms with Crippen LogP contribution in [0.2, 0.25) is 0 Å². The van der Waals surface area contributed by atoms with Gasteiger partial charge in [-0.25, -0.2) is 4.79 Å². The van der Waals surface area contributed by atoms with Gasteiger partial charge in [0, 0.05) is 25.9 Å². The van der Waals surface area contributed by atoms with E-state index in [4.69, 9.17) is 18.0 Å². The lowest BCUT2D eigenvalue weighted by Crippen LogP contribution is -2.58. The molecule has 0 heterocycles. The second-order valence-corrected chi connectivity index (χ2v) is 7.60. The largest absolute Gasteiger partial charge is 0.544 e. The van der Waals surface area contributed by atoms with Gasteiger partial charge in [-0.05, 0) is 33.6 Å². The fourth-order valence-corrected chi connectivity index (χ4v) is 5.09. The van der Waals surface area contributed by atoms with Crippen LogP contribution in [0.4, 0.5) is 0 Å². The molecule has 1 atom stereocenters. The summed E-state index contributed by atoms with van der Waals surface area (Å²) in [5, 5.41) is 0. The molecule has 0 aromatic carbocycles. The van der Waals surface area contributed by atoms with Gasteiger partial charge in [0.05, 0.1) is 0 Å². The quantitative estimate of drug-likeness (QED) is 0.210. The second-order valence-electron chi connectivity index (χ2n) is 4.88. The molecule has 0 saturated carbocycles. The van der Waals surface area contributed by atoms with E-state index in [2.05, 4.69) is 13.5 Å². The van der Waals surface area contributed by atoms with Crippen molar-refractivity contribution in [1.82, 2.24) is 0 Å². The van der Waals surface area contributed by atoms with Crippen LogP contribution in [0.25, 0.3) is 0 Å². The molecule has 0 aliphatic heterocycles. The standard InChI is InChI=1S/C16H32O5Si/c1-6-11-12-13-14-16(21-15(17)7-2)22(18-8-3,19-9-4)20-10-5/h7,16H,2,6,8-14H2,1,3-5H3. The zero-order valence-corrected chi connectivity index (χ0v) is 15.6. The number of ether oxygens (including phenoxy) is 1. The Morgan fingerprint density at radius 2 is 1.55 bits per heavy atom. The Morgan fingerprint density at radius 3 is 1.95 bits per heavy atom. The molecule has 0 aromatic heterocycles. The minimum atomic E-state index is -3.06. The molecule has 0 aliphatic rings. The zero-order valence-electron chi connectivity index (χ0n) is 14.6. The lowest BCUT2D eigenvalue weighted by atomic mass is 10.2. The number of rotatable bonds is 14. The molecule has 0 bridgehead atoms. The summed E-state index contributed by atoms with van der Waals surface area (Å²) in [4.78, 5) is 11.7. The predicted octanol–water partition coefficient (Wildman–Crippen LogP) is 3.64. The Hall–Kier alpha value is -0.693. The highest BCUT2D eigenvalue weighted by Crippen LogP contribution is 2.23. The second kappa shape index (κ2) is 12.8. The van der Waals surface area contributed by atoms with Crippen LogP contribution < -0.4 is 0 Å². The van der Waals surface area contributed by atoms with Crippen LogP contribution in [0.3, 0.4) is 0 Å². The van der Waals surface area contributed by atoms with Gasteiger partial charge in [0.15, 0.2) is 5.73 Å². The van der Waals surface area contributed by atoms with E-state index in [0.29, 0.717) is 26.2 Å². The van der Waals surface area contributed by atoms with Crippen LogP contribution in [-0.2, 0) is 22.8 Å². The summed E-state index contributed by atoms with van der Waals surface area (Å²) in [5.74, 6) is -0.462. The number of carbonyl (C=O) groups excluding carboxylic acids is 1. The van der Waals surface area contributed by atoms with Gasteiger partial charge in [-0.3, -0.25) is 0 Å². The Labute approximate surface area is 136 Å². The Morgan fingerprint density at radius 1 is 1.00 bits per heavy atom. The van der Waals surface area contributed by atoms with Crippen molar-refractivity contribution >= 4 is 14.8 Å². The third-order valence-electron chi connectivity index (χ3n) is 3.18. The maximum absolute atomic E-state index is 11.7.